The van der Waals surface area contributed by atoms with E-state index in [1.807, 2.05) is 38.2 Å². The Morgan fingerprint density at radius 3 is 2.64 bits per heavy atom. The Morgan fingerprint density at radius 1 is 1.43 bits per heavy atom. The SMILES string of the molecule is COc1ccccc1N(C)C[C@@H](C)N. The van der Waals surface area contributed by atoms with Crippen molar-refractivity contribution in [2.24, 2.45) is 5.73 Å². The Hall–Kier alpha value is -1.22. The molecule has 0 spiro atoms. The van der Waals surface area contributed by atoms with E-state index in [0.717, 1.165) is 18.0 Å². The van der Waals surface area contributed by atoms with Gasteiger partial charge in [0.05, 0.1) is 12.8 Å². The van der Waals surface area contributed by atoms with Crippen LogP contribution in [0.2, 0.25) is 0 Å². The third kappa shape index (κ3) is 2.64. The molecule has 0 unspecified atom stereocenters. The van der Waals surface area contributed by atoms with Crippen LogP contribution in [0.1, 0.15) is 6.92 Å². The highest BCUT2D eigenvalue weighted by atomic mass is 16.5. The number of benzene rings is 1. The van der Waals surface area contributed by atoms with E-state index in [-0.39, 0.29) is 6.04 Å². The molecule has 1 aromatic carbocycles. The van der Waals surface area contributed by atoms with Crippen molar-refractivity contribution in [2.75, 3.05) is 25.6 Å². The average Bonchev–Trinajstić information content (AvgIpc) is 2.16. The van der Waals surface area contributed by atoms with Crippen molar-refractivity contribution in [1.82, 2.24) is 0 Å². The maximum atomic E-state index is 5.74. The second kappa shape index (κ2) is 4.86. The van der Waals surface area contributed by atoms with Crippen LogP contribution in [-0.2, 0) is 0 Å². The lowest BCUT2D eigenvalue weighted by molar-refractivity contribution is 0.414. The number of ether oxygens (including phenoxy) is 1. The van der Waals surface area contributed by atoms with Gasteiger partial charge in [-0.3, -0.25) is 0 Å². The van der Waals surface area contributed by atoms with Gasteiger partial charge in [0, 0.05) is 19.6 Å². The van der Waals surface area contributed by atoms with Crippen LogP contribution < -0.4 is 15.4 Å². The summed E-state index contributed by atoms with van der Waals surface area (Å²) in [5.41, 5.74) is 6.82. The number of para-hydroxylation sites is 2. The van der Waals surface area contributed by atoms with Crippen LogP contribution in [-0.4, -0.2) is 26.7 Å². The zero-order chi connectivity index (χ0) is 10.6. The fourth-order valence-electron chi connectivity index (χ4n) is 1.48. The summed E-state index contributed by atoms with van der Waals surface area (Å²) < 4.78 is 5.27. The smallest absolute Gasteiger partial charge is 0.142 e. The van der Waals surface area contributed by atoms with E-state index in [0.29, 0.717) is 0 Å². The molecule has 3 nitrogen and oxygen atoms in total. The first kappa shape index (κ1) is 10.9. The largest absolute Gasteiger partial charge is 0.495 e. The molecule has 0 aliphatic rings. The van der Waals surface area contributed by atoms with Crippen LogP contribution in [0.5, 0.6) is 5.75 Å². The minimum atomic E-state index is 0.157. The number of hydrogen-bond acceptors (Lipinski definition) is 3. The van der Waals surface area contributed by atoms with Crippen molar-refractivity contribution in [1.29, 1.82) is 0 Å². The number of anilines is 1. The van der Waals surface area contributed by atoms with Crippen LogP contribution in [0.15, 0.2) is 24.3 Å². The summed E-state index contributed by atoms with van der Waals surface area (Å²) in [5, 5.41) is 0. The molecule has 0 fully saturated rings. The van der Waals surface area contributed by atoms with Crippen molar-refractivity contribution in [3.8, 4) is 5.75 Å². The van der Waals surface area contributed by atoms with Crippen LogP contribution in [0.25, 0.3) is 0 Å². The van der Waals surface area contributed by atoms with Gasteiger partial charge in [0.25, 0.3) is 0 Å². The summed E-state index contributed by atoms with van der Waals surface area (Å²) in [7, 11) is 3.69. The third-order valence-corrected chi connectivity index (χ3v) is 2.06. The van der Waals surface area contributed by atoms with Gasteiger partial charge in [-0.25, -0.2) is 0 Å². The van der Waals surface area contributed by atoms with Gasteiger partial charge in [-0.05, 0) is 19.1 Å². The van der Waals surface area contributed by atoms with Crippen LogP contribution >= 0.6 is 0 Å². The van der Waals surface area contributed by atoms with Gasteiger partial charge in [0.15, 0.2) is 0 Å². The molecular formula is C11H18N2O. The summed E-state index contributed by atoms with van der Waals surface area (Å²) in [6, 6.07) is 8.09. The summed E-state index contributed by atoms with van der Waals surface area (Å²) in [5.74, 6) is 0.885. The minimum absolute atomic E-state index is 0.157. The van der Waals surface area contributed by atoms with Gasteiger partial charge < -0.3 is 15.4 Å². The molecule has 0 saturated carbocycles. The number of hydrogen-bond donors (Lipinski definition) is 1. The van der Waals surface area contributed by atoms with E-state index in [9.17, 15) is 0 Å². The molecule has 78 valence electrons. The summed E-state index contributed by atoms with van der Waals surface area (Å²) in [6.07, 6.45) is 0. The maximum absolute atomic E-state index is 5.74. The topological polar surface area (TPSA) is 38.5 Å². The normalized spacial score (nSPS) is 12.3. The van der Waals surface area contributed by atoms with Crippen molar-refractivity contribution >= 4 is 5.69 Å². The lowest BCUT2D eigenvalue weighted by Gasteiger charge is -2.23. The Morgan fingerprint density at radius 2 is 2.07 bits per heavy atom. The minimum Gasteiger partial charge on any atom is -0.495 e. The van der Waals surface area contributed by atoms with Crippen molar-refractivity contribution in [3.05, 3.63) is 24.3 Å². The fraction of sp³-hybridized carbons (Fsp3) is 0.455. The highest BCUT2D eigenvalue weighted by Gasteiger charge is 2.07. The molecule has 14 heavy (non-hydrogen) atoms. The van der Waals surface area contributed by atoms with Gasteiger partial charge in [0.1, 0.15) is 5.75 Å². The first-order valence-corrected chi connectivity index (χ1v) is 4.75. The molecule has 0 aromatic heterocycles. The van der Waals surface area contributed by atoms with E-state index >= 15 is 0 Å². The van der Waals surface area contributed by atoms with E-state index in [2.05, 4.69) is 4.90 Å². The molecule has 1 rings (SSSR count). The highest BCUT2D eigenvalue weighted by molar-refractivity contribution is 5.57. The highest BCUT2D eigenvalue weighted by Crippen LogP contribution is 2.26. The Bertz CT molecular complexity index is 286. The van der Waals surface area contributed by atoms with E-state index in [1.165, 1.54) is 0 Å². The van der Waals surface area contributed by atoms with Gasteiger partial charge >= 0.3 is 0 Å². The monoisotopic (exact) mass is 194 g/mol. The standard InChI is InChI=1S/C11H18N2O/c1-9(12)8-13(2)10-6-4-5-7-11(10)14-3/h4-7,9H,8,12H2,1-3H3/t9-/m1/s1. The van der Waals surface area contributed by atoms with Gasteiger partial charge in [0.2, 0.25) is 0 Å². The molecule has 0 bridgehead atoms. The van der Waals surface area contributed by atoms with Crippen LogP contribution in [0.4, 0.5) is 5.69 Å². The quantitative estimate of drug-likeness (QED) is 0.789. The number of nitrogens with zero attached hydrogens (tertiary/aromatic N) is 1. The molecule has 2 N–H and O–H groups in total. The Kier molecular flexibility index (Phi) is 3.77. The van der Waals surface area contributed by atoms with Crippen LogP contribution in [0, 0.1) is 0 Å². The number of rotatable bonds is 4. The molecule has 1 atom stereocenters. The van der Waals surface area contributed by atoms with Crippen molar-refractivity contribution < 1.29 is 4.74 Å². The molecule has 1 aromatic rings. The fourth-order valence-corrected chi connectivity index (χ4v) is 1.48. The predicted molar refractivity (Wildman–Crippen MR) is 59.9 cm³/mol. The predicted octanol–water partition coefficient (Wildman–Crippen LogP) is 1.48. The lowest BCUT2D eigenvalue weighted by atomic mass is 10.2. The molecule has 3 heteroatoms. The molecule has 0 radical (unpaired) electrons. The first-order chi connectivity index (χ1) is 6.65. The molecular weight excluding hydrogens is 176 g/mol. The number of methoxy groups -OCH3 is 1. The first-order valence-electron chi connectivity index (χ1n) is 4.75. The maximum Gasteiger partial charge on any atom is 0.142 e. The van der Waals surface area contributed by atoms with Gasteiger partial charge in [-0.2, -0.15) is 0 Å². The van der Waals surface area contributed by atoms with Gasteiger partial charge in [-0.15, -0.1) is 0 Å². The van der Waals surface area contributed by atoms with E-state index in [4.69, 9.17) is 10.5 Å². The lowest BCUT2D eigenvalue weighted by Crippen LogP contribution is -2.32. The Balaban J connectivity index is 2.82. The van der Waals surface area contributed by atoms with Crippen molar-refractivity contribution in [3.63, 3.8) is 0 Å². The summed E-state index contributed by atoms with van der Waals surface area (Å²) >= 11 is 0. The number of likely N-dealkylation sites (N-methyl/N-ethyl adjacent to an activating group) is 1. The van der Waals surface area contributed by atoms with E-state index in [1.54, 1.807) is 7.11 Å². The summed E-state index contributed by atoms with van der Waals surface area (Å²) in [6.45, 7) is 2.81. The summed E-state index contributed by atoms with van der Waals surface area (Å²) in [4.78, 5) is 2.10. The average molecular weight is 194 g/mol. The molecule has 0 aliphatic heterocycles. The second-order valence-electron chi connectivity index (χ2n) is 3.53. The van der Waals surface area contributed by atoms with Gasteiger partial charge in [-0.1, -0.05) is 12.1 Å². The zero-order valence-corrected chi connectivity index (χ0v) is 9.03. The molecule has 0 aliphatic carbocycles. The zero-order valence-electron chi connectivity index (χ0n) is 9.03. The third-order valence-electron chi connectivity index (χ3n) is 2.06. The van der Waals surface area contributed by atoms with E-state index < -0.39 is 0 Å². The number of nitrogens with two attached hydrogens (primary N) is 1. The second-order valence-corrected chi connectivity index (χ2v) is 3.53. The molecule has 0 heterocycles. The van der Waals surface area contributed by atoms with Crippen molar-refractivity contribution in [2.45, 2.75) is 13.0 Å². The molecule has 0 saturated heterocycles. The Labute approximate surface area is 85.5 Å². The van der Waals surface area contributed by atoms with Crippen LogP contribution in [0.3, 0.4) is 0 Å². The molecule has 0 amide bonds.